The number of carbonyl (C=O) groups excluding carboxylic acids is 1. The van der Waals surface area contributed by atoms with Crippen molar-refractivity contribution >= 4 is 5.91 Å². The molecule has 0 bridgehead atoms. The molecule has 0 saturated carbocycles. The summed E-state index contributed by atoms with van der Waals surface area (Å²) in [6.45, 7) is 3.54. The van der Waals surface area contributed by atoms with Crippen LogP contribution in [0.15, 0.2) is 18.2 Å². The van der Waals surface area contributed by atoms with Gasteiger partial charge in [-0.3, -0.25) is 4.79 Å². The summed E-state index contributed by atoms with van der Waals surface area (Å²) in [5.74, 6) is -0.465. The Morgan fingerprint density at radius 1 is 1.47 bits per heavy atom. The molecule has 1 aromatic rings. The van der Waals surface area contributed by atoms with Gasteiger partial charge in [0.05, 0.1) is 0 Å². The summed E-state index contributed by atoms with van der Waals surface area (Å²) in [6.07, 6.45) is 0.955. The molecule has 1 aliphatic rings. The lowest BCUT2D eigenvalue weighted by atomic mass is 10.1. The van der Waals surface area contributed by atoms with Gasteiger partial charge in [0, 0.05) is 25.2 Å². The van der Waals surface area contributed by atoms with Crippen molar-refractivity contribution in [2.75, 3.05) is 20.1 Å². The first-order chi connectivity index (χ1) is 8.08. The zero-order valence-corrected chi connectivity index (χ0v) is 10.2. The Morgan fingerprint density at radius 2 is 2.24 bits per heavy atom. The van der Waals surface area contributed by atoms with Crippen LogP contribution in [0, 0.1) is 12.7 Å². The number of halogens is 1. The third kappa shape index (κ3) is 2.64. The lowest BCUT2D eigenvalue weighted by Gasteiger charge is -2.24. The maximum atomic E-state index is 13.2. The topological polar surface area (TPSA) is 32.3 Å². The highest BCUT2D eigenvalue weighted by molar-refractivity contribution is 5.94. The second-order valence-corrected chi connectivity index (χ2v) is 4.58. The molecule has 0 aliphatic carbocycles. The Kier molecular flexibility index (Phi) is 3.43. The van der Waals surface area contributed by atoms with Crippen molar-refractivity contribution in [3.05, 3.63) is 35.1 Å². The van der Waals surface area contributed by atoms with Gasteiger partial charge in [0.15, 0.2) is 0 Å². The molecule has 1 heterocycles. The number of hydrogen-bond acceptors (Lipinski definition) is 2. The number of aryl methyl sites for hydroxylation is 1. The number of likely N-dealkylation sites (N-methyl/N-ethyl adjacent to an activating group) is 1. The van der Waals surface area contributed by atoms with E-state index in [0.29, 0.717) is 5.56 Å². The number of nitrogens with one attached hydrogen (secondary N) is 1. The van der Waals surface area contributed by atoms with Crippen molar-refractivity contribution in [3.63, 3.8) is 0 Å². The standard InChI is InChI=1S/C13H17FN2O/c1-9-5-10(7-11(14)6-9)13(17)16(2)12-3-4-15-8-12/h5-7,12,15H,3-4,8H2,1-2H3. The Morgan fingerprint density at radius 3 is 2.82 bits per heavy atom. The summed E-state index contributed by atoms with van der Waals surface area (Å²) < 4.78 is 13.2. The third-order valence-electron chi connectivity index (χ3n) is 3.19. The molecule has 17 heavy (non-hydrogen) atoms. The number of benzene rings is 1. The fourth-order valence-electron chi connectivity index (χ4n) is 2.20. The van der Waals surface area contributed by atoms with Crippen molar-refractivity contribution in [2.45, 2.75) is 19.4 Å². The van der Waals surface area contributed by atoms with Gasteiger partial charge in [-0.2, -0.15) is 0 Å². The van der Waals surface area contributed by atoms with E-state index in [0.717, 1.165) is 25.1 Å². The first-order valence-electron chi connectivity index (χ1n) is 5.83. The molecule has 1 saturated heterocycles. The summed E-state index contributed by atoms with van der Waals surface area (Å²) in [6, 6.07) is 4.66. The van der Waals surface area contributed by atoms with Gasteiger partial charge < -0.3 is 10.2 Å². The molecular weight excluding hydrogens is 219 g/mol. The summed E-state index contributed by atoms with van der Waals surface area (Å²) in [5.41, 5.74) is 1.20. The molecule has 1 fully saturated rings. The molecule has 1 unspecified atom stereocenters. The second kappa shape index (κ2) is 4.84. The van der Waals surface area contributed by atoms with E-state index in [4.69, 9.17) is 0 Å². The molecule has 1 atom stereocenters. The number of nitrogens with zero attached hydrogens (tertiary/aromatic N) is 1. The van der Waals surface area contributed by atoms with E-state index in [9.17, 15) is 9.18 Å². The van der Waals surface area contributed by atoms with Crippen molar-refractivity contribution in [2.24, 2.45) is 0 Å². The molecule has 1 amide bonds. The van der Waals surface area contributed by atoms with Crippen LogP contribution in [0.25, 0.3) is 0 Å². The SMILES string of the molecule is Cc1cc(F)cc(C(=O)N(C)C2CCNC2)c1. The van der Waals surface area contributed by atoms with Gasteiger partial charge in [0.2, 0.25) is 0 Å². The zero-order chi connectivity index (χ0) is 12.4. The van der Waals surface area contributed by atoms with E-state index in [1.54, 1.807) is 24.9 Å². The monoisotopic (exact) mass is 236 g/mol. The van der Waals surface area contributed by atoms with Crippen molar-refractivity contribution in [1.29, 1.82) is 0 Å². The minimum atomic E-state index is -0.355. The van der Waals surface area contributed by atoms with E-state index in [1.807, 2.05) is 0 Å². The van der Waals surface area contributed by atoms with Crippen LogP contribution in [-0.4, -0.2) is 37.0 Å². The fourth-order valence-corrected chi connectivity index (χ4v) is 2.20. The van der Waals surface area contributed by atoms with E-state index < -0.39 is 0 Å². The average Bonchev–Trinajstić information content (AvgIpc) is 2.79. The molecule has 1 aliphatic heterocycles. The molecule has 1 N–H and O–H groups in total. The third-order valence-corrected chi connectivity index (χ3v) is 3.19. The van der Waals surface area contributed by atoms with Gasteiger partial charge in [-0.05, 0) is 43.7 Å². The number of amides is 1. The maximum Gasteiger partial charge on any atom is 0.254 e. The summed E-state index contributed by atoms with van der Waals surface area (Å²) in [5, 5.41) is 3.21. The van der Waals surface area contributed by atoms with Crippen molar-refractivity contribution < 1.29 is 9.18 Å². The molecule has 0 spiro atoms. The van der Waals surface area contributed by atoms with Gasteiger partial charge in [-0.25, -0.2) is 4.39 Å². The Labute approximate surface area is 101 Å². The first-order valence-corrected chi connectivity index (χ1v) is 5.83. The van der Waals surface area contributed by atoms with Crippen molar-refractivity contribution in [3.8, 4) is 0 Å². The smallest absolute Gasteiger partial charge is 0.254 e. The largest absolute Gasteiger partial charge is 0.337 e. The molecule has 0 radical (unpaired) electrons. The molecule has 2 rings (SSSR count). The predicted molar refractivity (Wildman–Crippen MR) is 64.5 cm³/mol. The number of rotatable bonds is 2. The van der Waals surface area contributed by atoms with Crippen LogP contribution in [0.1, 0.15) is 22.3 Å². The van der Waals surface area contributed by atoms with Crippen LogP contribution in [-0.2, 0) is 0 Å². The van der Waals surface area contributed by atoms with E-state index >= 15 is 0 Å². The quantitative estimate of drug-likeness (QED) is 0.845. The first kappa shape index (κ1) is 12.0. The average molecular weight is 236 g/mol. The zero-order valence-electron chi connectivity index (χ0n) is 10.2. The van der Waals surface area contributed by atoms with E-state index in [-0.39, 0.29) is 17.8 Å². The highest BCUT2D eigenvalue weighted by atomic mass is 19.1. The molecule has 1 aromatic carbocycles. The van der Waals surface area contributed by atoms with Crippen LogP contribution in [0.5, 0.6) is 0 Å². The predicted octanol–water partition coefficient (Wildman–Crippen LogP) is 1.57. The van der Waals surface area contributed by atoms with Gasteiger partial charge in [0.1, 0.15) is 5.82 Å². The minimum absolute atomic E-state index is 0.110. The van der Waals surface area contributed by atoms with Crippen molar-refractivity contribution in [1.82, 2.24) is 10.2 Å². The van der Waals surface area contributed by atoms with Crippen LogP contribution in [0.4, 0.5) is 4.39 Å². The van der Waals surface area contributed by atoms with Crippen LogP contribution < -0.4 is 5.32 Å². The highest BCUT2D eigenvalue weighted by Crippen LogP contribution is 2.14. The van der Waals surface area contributed by atoms with Gasteiger partial charge >= 0.3 is 0 Å². The normalized spacial score (nSPS) is 19.4. The lowest BCUT2D eigenvalue weighted by molar-refractivity contribution is 0.0743. The molecule has 0 aromatic heterocycles. The number of hydrogen-bond donors (Lipinski definition) is 1. The van der Waals surface area contributed by atoms with Crippen LogP contribution in [0.2, 0.25) is 0 Å². The molecular formula is C13H17FN2O. The van der Waals surface area contributed by atoms with Gasteiger partial charge in [-0.1, -0.05) is 0 Å². The van der Waals surface area contributed by atoms with E-state index in [1.165, 1.54) is 12.1 Å². The fraction of sp³-hybridized carbons (Fsp3) is 0.462. The minimum Gasteiger partial charge on any atom is -0.337 e. The second-order valence-electron chi connectivity index (χ2n) is 4.58. The molecule has 3 nitrogen and oxygen atoms in total. The Hall–Kier alpha value is -1.42. The maximum absolute atomic E-state index is 13.2. The summed E-state index contributed by atoms with van der Waals surface area (Å²) in [4.78, 5) is 13.9. The van der Waals surface area contributed by atoms with Crippen LogP contribution in [0.3, 0.4) is 0 Å². The van der Waals surface area contributed by atoms with Gasteiger partial charge in [-0.15, -0.1) is 0 Å². The molecule has 4 heteroatoms. The van der Waals surface area contributed by atoms with E-state index in [2.05, 4.69) is 5.32 Å². The Bertz CT molecular complexity index is 407. The Balaban J connectivity index is 2.17. The van der Waals surface area contributed by atoms with Crippen LogP contribution >= 0.6 is 0 Å². The highest BCUT2D eigenvalue weighted by Gasteiger charge is 2.24. The summed E-state index contributed by atoms with van der Waals surface area (Å²) in [7, 11) is 1.78. The number of carbonyl (C=O) groups is 1. The lowest BCUT2D eigenvalue weighted by Crippen LogP contribution is -2.38. The molecule has 92 valence electrons. The summed E-state index contributed by atoms with van der Waals surface area (Å²) >= 11 is 0. The van der Waals surface area contributed by atoms with Gasteiger partial charge in [0.25, 0.3) is 5.91 Å².